The van der Waals surface area contributed by atoms with Crippen LogP contribution >= 0.6 is 11.3 Å². The Balaban J connectivity index is 0.00000162. The molecular formula is C9H7LiN2O4S2. The van der Waals surface area contributed by atoms with Gasteiger partial charge in [-0.3, -0.25) is 4.72 Å². The second kappa shape index (κ2) is 5.28. The predicted octanol–water partition coefficient (Wildman–Crippen LogP) is -2.96. The van der Waals surface area contributed by atoms with Gasteiger partial charge >= 0.3 is 18.9 Å². The van der Waals surface area contributed by atoms with E-state index in [1.165, 1.54) is 18.2 Å². The van der Waals surface area contributed by atoms with Gasteiger partial charge in [0.25, 0.3) is 0 Å². The number of anilines is 1. The Morgan fingerprint density at radius 1 is 1.44 bits per heavy atom. The maximum atomic E-state index is 11.0. The summed E-state index contributed by atoms with van der Waals surface area (Å²) in [5.41, 5.74) is 0.568. The normalized spacial score (nSPS) is 10.9. The topological polar surface area (TPSA) is 99.2 Å². The zero-order valence-corrected chi connectivity index (χ0v) is 11.3. The molecule has 1 heterocycles. The molecule has 0 atom stereocenters. The SMILES string of the molecule is CS(=O)(=O)Nc1nc2ccc(C(=O)[O-])cc2s1.[Li+]. The Bertz CT molecular complexity index is 696. The van der Waals surface area contributed by atoms with Crippen molar-refractivity contribution in [3.05, 3.63) is 23.8 Å². The van der Waals surface area contributed by atoms with Crippen molar-refractivity contribution in [3.63, 3.8) is 0 Å². The molecule has 0 saturated carbocycles. The van der Waals surface area contributed by atoms with Crippen molar-refractivity contribution in [3.8, 4) is 0 Å². The van der Waals surface area contributed by atoms with Gasteiger partial charge in [0, 0.05) is 0 Å². The van der Waals surface area contributed by atoms with Crippen molar-refractivity contribution >= 4 is 42.7 Å². The summed E-state index contributed by atoms with van der Waals surface area (Å²) in [6, 6.07) is 4.27. The largest absolute Gasteiger partial charge is 1.00 e. The molecule has 0 radical (unpaired) electrons. The van der Waals surface area contributed by atoms with Crippen LogP contribution in [-0.2, 0) is 10.0 Å². The van der Waals surface area contributed by atoms with Crippen LogP contribution < -0.4 is 28.7 Å². The van der Waals surface area contributed by atoms with Crippen LogP contribution in [0.2, 0.25) is 0 Å². The zero-order chi connectivity index (χ0) is 12.6. The summed E-state index contributed by atoms with van der Waals surface area (Å²) in [6.45, 7) is 0. The van der Waals surface area contributed by atoms with Crippen LogP contribution in [0.15, 0.2) is 18.2 Å². The number of carboxylic acid groups (broad SMARTS) is 1. The fourth-order valence-corrected chi connectivity index (χ4v) is 2.99. The molecule has 9 heteroatoms. The van der Waals surface area contributed by atoms with E-state index in [2.05, 4.69) is 9.71 Å². The Morgan fingerprint density at radius 3 is 2.67 bits per heavy atom. The van der Waals surface area contributed by atoms with E-state index < -0.39 is 16.0 Å². The molecule has 0 fully saturated rings. The summed E-state index contributed by atoms with van der Waals surface area (Å²) in [6.07, 6.45) is 1.02. The minimum Gasteiger partial charge on any atom is -0.545 e. The van der Waals surface area contributed by atoms with Crippen LogP contribution in [0.1, 0.15) is 10.4 Å². The summed E-state index contributed by atoms with van der Waals surface area (Å²) in [7, 11) is -3.38. The molecule has 0 aliphatic carbocycles. The van der Waals surface area contributed by atoms with E-state index in [0.29, 0.717) is 10.2 Å². The number of rotatable bonds is 3. The molecule has 0 aliphatic heterocycles. The third-order valence-corrected chi connectivity index (χ3v) is 3.52. The first-order chi connectivity index (χ1) is 7.85. The average molecular weight is 278 g/mol. The number of aromatic nitrogens is 1. The number of carboxylic acids is 1. The van der Waals surface area contributed by atoms with Crippen molar-refractivity contribution in [2.45, 2.75) is 0 Å². The molecule has 1 aromatic heterocycles. The summed E-state index contributed by atoms with van der Waals surface area (Å²) in [5, 5.41) is 10.8. The third kappa shape index (κ3) is 3.46. The van der Waals surface area contributed by atoms with Gasteiger partial charge in [-0.1, -0.05) is 17.4 Å². The van der Waals surface area contributed by atoms with Crippen LogP contribution in [0, 0.1) is 0 Å². The molecular weight excluding hydrogens is 271 g/mol. The van der Waals surface area contributed by atoms with Gasteiger partial charge in [0.15, 0.2) is 5.13 Å². The van der Waals surface area contributed by atoms with E-state index in [-0.39, 0.29) is 29.6 Å². The molecule has 1 N–H and O–H groups in total. The molecule has 0 bridgehead atoms. The molecule has 0 saturated heterocycles. The molecule has 2 aromatic rings. The second-order valence-corrected chi connectivity index (χ2v) is 6.14. The molecule has 0 spiro atoms. The number of aromatic carboxylic acids is 1. The minimum atomic E-state index is -3.38. The molecule has 90 valence electrons. The fourth-order valence-electron chi connectivity index (χ4n) is 1.25. The van der Waals surface area contributed by atoms with Gasteiger partial charge in [0.05, 0.1) is 22.4 Å². The van der Waals surface area contributed by atoms with E-state index in [4.69, 9.17) is 0 Å². The van der Waals surface area contributed by atoms with E-state index in [0.717, 1.165) is 17.6 Å². The third-order valence-electron chi connectivity index (χ3n) is 1.90. The van der Waals surface area contributed by atoms with E-state index in [9.17, 15) is 18.3 Å². The zero-order valence-electron chi connectivity index (χ0n) is 9.63. The number of sulfonamides is 1. The molecule has 1 aromatic carbocycles. The molecule has 6 nitrogen and oxygen atoms in total. The number of benzene rings is 1. The summed E-state index contributed by atoms with van der Waals surface area (Å²) in [4.78, 5) is 14.7. The van der Waals surface area contributed by atoms with Gasteiger partial charge in [-0.15, -0.1) is 0 Å². The fraction of sp³-hybridized carbons (Fsp3) is 0.111. The van der Waals surface area contributed by atoms with Crippen molar-refractivity contribution in [1.82, 2.24) is 4.98 Å². The molecule has 0 unspecified atom stereocenters. The number of nitrogens with zero attached hydrogens (tertiary/aromatic N) is 1. The molecule has 18 heavy (non-hydrogen) atoms. The van der Waals surface area contributed by atoms with Crippen molar-refractivity contribution in [1.29, 1.82) is 0 Å². The maximum Gasteiger partial charge on any atom is 1.00 e. The standard InChI is InChI=1S/C9H8N2O4S2.Li/c1-17(14,15)11-9-10-6-3-2-5(8(12)13)4-7(6)16-9;/h2-4H,1H3,(H,10,11)(H,12,13);/q;+1/p-1. The van der Waals surface area contributed by atoms with Gasteiger partial charge in [0.2, 0.25) is 10.0 Å². The van der Waals surface area contributed by atoms with Gasteiger partial charge < -0.3 is 9.90 Å². The first-order valence-corrected chi connectivity index (χ1v) is 7.16. The first kappa shape index (κ1) is 15.0. The van der Waals surface area contributed by atoms with Gasteiger partial charge in [0.1, 0.15) is 0 Å². The Morgan fingerprint density at radius 2 is 2.11 bits per heavy atom. The first-order valence-electron chi connectivity index (χ1n) is 4.45. The monoisotopic (exact) mass is 278 g/mol. The Labute approximate surface area is 119 Å². The van der Waals surface area contributed by atoms with Crippen LogP contribution in [0.5, 0.6) is 0 Å². The van der Waals surface area contributed by atoms with Crippen LogP contribution in [-0.4, -0.2) is 25.6 Å². The van der Waals surface area contributed by atoms with Crippen molar-refractivity contribution in [2.24, 2.45) is 0 Å². The number of fused-ring (bicyclic) bond motifs is 1. The van der Waals surface area contributed by atoms with Gasteiger partial charge in [-0.25, -0.2) is 13.4 Å². The number of hydrogen-bond acceptors (Lipinski definition) is 6. The van der Waals surface area contributed by atoms with E-state index in [1.807, 2.05) is 0 Å². The Kier molecular flexibility index (Phi) is 4.40. The number of thiazole rings is 1. The predicted molar refractivity (Wildman–Crippen MR) is 62.4 cm³/mol. The molecule has 0 amide bonds. The number of nitrogens with one attached hydrogen (secondary N) is 1. The van der Waals surface area contributed by atoms with Crippen LogP contribution in [0.3, 0.4) is 0 Å². The van der Waals surface area contributed by atoms with E-state index >= 15 is 0 Å². The van der Waals surface area contributed by atoms with Crippen molar-refractivity contribution < 1.29 is 37.2 Å². The number of carbonyl (C=O) groups is 1. The van der Waals surface area contributed by atoms with Crippen molar-refractivity contribution in [2.75, 3.05) is 11.0 Å². The summed E-state index contributed by atoms with van der Waals surface area (Å²) >= 11 is 1.06. The maximum absolute atomic E-state index is 11.0. The second-order valence-electron chi connectivity index (χ2n) is 3.36. The molecule has 2 rings (SSSR count). The van der Waals surface area contributed by atoms with Crippen LogP contribution in [0.4, 0.5) is 5.13 Å². The smallest absolute Gasteiger partial charge is 0.545 e. The number of hydrogen-bond donors (Lipinski definition) is 1. The number of carbonyl (C=O) groups excluding carboxylic acids is 1. The summed E-state index contributed by atoms with van der Waals surface area (Å²) in [5.74, 6) is -1.28. The quantitative estimate of drug-likeness (QED) is 0.605. The van der Waals surface area contributed by atoms with Crippen LogP contribution in [0.25, 0.3) is 10.2 Å². The minimum absolute atomic E-state index is 0. The van der Waals surface area contributed by atoms with Gasteiger partial charge in [-0.05, 0) is 17.7 Å². The Hall–Kier alpha value is -1.07. The molecule has 0 aliphatic rings. The summed E-state index contributed by atoms with van der Waals surface area (Å²) < 4.78 is 24.8. The average Bonchev–Trinajstić information content (AvgIpc) is 2.54. The van der Waals surface area contributed by atoms with Gasteiger partial charge in [-0.2, -0.15) is 0 Å². The van der Waals surface area contributed by atoms with E-state index in [1.54, 1.807) is 0 Å².